The smallest absolute Gasteiger partial charge is 0.164 e. The summed E-state index contributed by atoms with van der Waals surface area (Å²) in [7, 11) is 0. The average molecular weight is 172 g/mol. The Balaban J connectivity index is 2.15. The lowest BCUT2D eigenvalue weighted by Crippen LogP contribution is -2.27. The molecule has 0 aliphatic carbocycles. The van der Waals surface area contributed by atoms with Crippen molar-refractivity contribution in [3.8, 4) is 0 Å². The molecule has 0 radical (unpaired) electrons. The van der Waals surface area contributed by atoms with Gasteiger partial charge in [0.2, 0.25) is 0 Å². The molecule has 2 aliphatic rings. The molecule has 0 spiro atoms. The fourth-order valence-corrected chi connectivity index (χ4v) is 2.04. The third-order valence-corrected chi connectivity index (χ3v) is 2.52. The molecule has 2 heterocycles. The van der Waals surface area contributed by atoms with Crippen molar-refractivity contribution in [3.63, 3.8) is 0 Å². The van der Waals surface area contributed by atoms with Gasteiger partial charge in [0.1, 0.15) is 12.2 Å². The highest BCUT2D eigenvalue weighted by Gasteiger charge is 2.51. The predicted molar refractivity (Wildman–Crippen MR) is 43.8 cm³/mol. The lowest BCUT2D eigenvalue weighted by molar-refractivity contribution is -0.183. The molecule has 0 aromatic rings. The van der Waals surface area contributed by atoms with Crippen molar-refractivity contribution in [1.29, 1.82) is 0 Å². The van der Waals surface area contributed by atoms with Crippen LogP contribution in [0.5, 0.6) is 0 Å². The SMILES string of the molecule is CC1OC(C)[C@H]2OC(C)(C)OC12. The van der Waals surface area contributed by atoms with Gasteiger partial charge in [-0.05, 0) is 27.7 Å². The van der Waals surface area contributed by atoms with E-state index in [9.17, 15) is 0 Å². The van der Waals surface area contributed by atoms with Gasteiger partial charge in [-0.2, -0.15) is 0 Å². The monoisotopic (exact) mass is 172 g/mol. The van der Waals surface area contributed by atoms with Crippen molar-refractivity contribution in [2.75, 3.05) is 0 Å². The minimum atomic E-state index is -0.429. The van der Waals surface area contributed by atoms with Crippen molar-refractivity contribution >= 4 is 0 Å². The molecule has 2 aliphatic heterocycles. The van der Waals surface area contributed by atoms with Crippen LogP contribution in [0.2, 0.25) is 0 Å². The summed E-state index contributed by atoms with van der Waals surface area (Å²) in [5, 5.41) is 0. The first-order chi connectivity index (χ1) is 5.49. The van der Waals surface area contributed by atoms with Gasteiger partial charge in [0.05, 0.1) is 12.2 Å². The maximum absolute atomic E-state index is 5.71. The summed E-state index contributed by atoms with van der Waals surface area (Å²) in [6.07, 6.45) is 0.559. The van der Waals surface area contributed by atoms with E-state index >= 15 is 0 Å². The van der Waals surface area contributed by atoms with E-state index in [0.29, 0.717) is 0 Å². The Bertz CT molecular complexity index is 172. The van der Waals surface area contributed by atoms with Gasteiger partial charge in [-0.25, -0.2) is 0 Å². The van der Waals surface area contributed by atoms with Crippen molar-refractivity contribution in [2.24, 2.45) is 0 Å². The van der Waals surface area contributed by atoms with Gasteiger partial charge in [-0.1, -0.05) is 0 Å². The van der Waals surface area contributed by atoms with Crippen LogP contribution in [-0.4, -0.2) is 30.2 Å². The third kappa shape index (κ3) is 1.16. The summed E-state index contributed by atoms with van der Waals surface area (Å²) in [5.74, 6) is -0.429. The zero-order valence-electron chi connectivity index (χ0n) is 8.03. The number of hydrogen-bond donors (Lipinski definition) is 0. The van der Waals surface area contributed by atoms with Crippen molar-refractivity contribution in [2.45, 2.75) is 57.9 Å². The molecule has 3 unspecified atom stereocenters. The lowest BCUT2D eigenvalue weighted by Gasteiger charge is -2.21. The van der Waals surface area contributed by atoms with Gasteiger partial charge in [0, 0.05) is 0 Å². The van der Waals surface area contributed by atoms with E-state index < -0.39 is 5.79 Å². The number of fused-ring (bicyclic) bond motifs is 1. The summed E-state index contributed by atoms with van der Waals surface area (Å²) >= 11 is 0. The molecule has 0 bridgehead atoms. The molecule has 3 heteroatoms. The highest BCUT2D eigenvalue weighted by atomic mass is 16.8. The van der Waals surface area contributed by atoms with Crippen LogP contribution in [-0.2, 0) is 14.2 Å². The topological polar surface area (TPSA) is 27.7 Å². The fourth-order valence-electron chi connectivity index (χ4n) is 2.04. The molecule has 4 atom stereocenters. The zero-order chi connectivity index (χ0) is 8.93. The van der Waals surface area contributed by atoms with Crippen molar-refractivity contribution in [3.05, 3.63) is 0 Å². The van der Waals surface area contributed by atoms with Gasteiger partial charge in [-0.15, -0.1) is 0 Å². The number of ether oxygens (including phenoxy) is 3. The van der Waals surface area contributed by atoms with Crippen LogP contribution >= 0.6 is 0 Å². The summed E-state index contributed by atoms with van der Waals surface area (Å²) in [6.45, 7) is 7.97. The Labute approximate surface area is 73.0 Å². The minimum Gasteiger partial charge on any atom is -0.370 e. The summed E-state index contributed by atoms with van der Waals surface area (Å²) in [6, 6.07) is 0. The molecule has 2 rings (SSSR count). The van der Waals surface area contributed by atoms with Crippen LogP contribution < -0.4 is 0 Å². The maximum Gasteiger partial charge on any atom is 0.164 e. The molecular formula is C9H16O3. The second kappa shape index (κ2) is 2.44. The Kier molecular flexibility index (Phi) is 1.72. The first kappa shape index (κ1) is 8.48. The molecule has 2 fully saturated rings. The van der Waals surface area contributed by atoms with Gasteiger partial charge in [0.25, 0.3) is 0 Å². The minimum absolute atomic E-state index is 0.120. The first-order valence-electron chi connectivity index (χ1n) is 4.51. The molecule has 3 nitrogen and oxygen atoms in total. The Morgan fingerprint density at radius 1 is 0.917 bits per heavy atom. The Morgan fingerprint density at radius 2 is 1.33 bits per heavy atom. The van der Waals surface area contributed by atoms with Crippen LogP contribution in [0.1, 0.15) is 27.7 Å². The molecule has 2 saturated heterocycles. The molecule has 0 saturated carbocycles. The molecule has 0 aromatic heterocycles. The van der Waals surface area contributed by atoms with Gasteiger partial charge in [-0.3, -0.25) is 0 Å². The number of rotatable bonds is 0. The molecule has 12 heavy (non-hydrogen) atoms. The zero-order valence-corrected chi connectivity index (χ0v) is 8.03. The normalized spacial score (nSPS) is 51.0. The van der Waals surface area contributed by atoms with Crippen LogP contribution in [0.4, 0.5) is 0 Å². The second-order valence-electron chi connectivity index (χ2n) is 4.11. The molecule has 0 amide bonds. The van der Waals surface area contributed by atoms with E-state index in [0.717, 1.165) is 0 Å². The first-order valence-corrected chi connectivity index (χ1v) is 4.51. The molecular weight excluding hydrogens is 156 g/mol. The second-order valence-corrected chi connectivity index (χ2v) is 4.11. The van der Waals surface area contributed by atoms with Gasteiger partial charge in [0.15, 0.2) is 5.79 Å². The highest BCUT2D eigenvalue weighted by molar-refractivity contribution is 4.94. The lowest BCUT2D eigenvalue weighted by atomic mass is 10.1. The largest absolute Gasteiger partial charge is 0.370 e. The van der Waals surface area contributed by atoms with Crippen LogP contribution in [0, 0.1) is 0 Å². The van der Waals surface area contributed by atoms with Gasteiger partial charge >= 0.3 is 0 Å². The van der Waals surface area contributed by atoms with E-state index in [4.69, 9.17) is 14.2 Å². The van der Waals surface area contributed by atoms with E-state index in [2.05, 4.69) is 0 Å². The maximum atomic E-state index is 5.71. The van der Waals surface area contributed by atoms with Crippen LogP contribution in [0.15, 0.2) is 0 Å². The quantitative estimate of drug-likeness (QED) is 0.551. The average Bonchev–Trinajstić information content (AvgIpc) is 2.34. The molecule has 0 N–H and O–H groups in total. The van der Waals surface area contributed by atoms with E-state index in [1.54, 1.807) is 0 Å². The summed E-state index contributed by atoms with van der Waals surface area (Å²) in [5.41, 5.74) is 0. The summed E-state index contributed by atoms with van der Waals surface area (Å²) < 4.78 is 17.0. The van der Waals surface area contributed by atoms with Crippen molar-refractivity contribution < 1.29 is 14.2 Å². The van der Waals surface area contributed by atoms with E-state index in [-0.39, 0.29) is 24.4 Å². The Hall–Kier alpha value is -0.120. The third-order valence-electron chi connectivity index (χ3n) is 2.52. The Morgan fingerprint density at radius 3 is 1.75 bits per heavy atom. The van der Waals surface area contributed by atoms with Crippen LogP contribution in [0.3, 0.4) is 0 Å². The number of hydrogen-bond acceptors (Lipinski definition) is 3. The summed E-state index contributed by atoms with van der Waals surface area (Å²) in [4.78, 5) is 0. The van der Waals surface area contributed by atoms with E-state index in [1.165, 1.54) is 0 Å². The standard InChI is InChI=1S/C9H16O3/c1-5-7-8(6(2)10-5)12-9(3,4)11-7/h5-8H,1-4H3/t5?,6?,7-,8?/m1/s1. The molecule has 70 valence electrons. The highest BCUT2D eigenvalue weighted by Crippen LogP contribution is 2.38. The van der Waals surface area contributed by atoms with E-state index in [1.807, 2.05) is 27.7 Å². The molecule has 0 aromatic carbocycles. The van der Waals surface area contributed by atoms with Crippen molar-refractivity contribution in [1.82, 2.24) is 0 Å². The fraction of sp³-hybridized carbons (Fsp3) is 1.00. The van der Waals surface area contributed by atoms with Gasteiger partial charge < -0.3 is 14.2 Å². The predicted octanol–water partition coefficient (Wildman–Crippen LogP) is 1.31. The van der Waals surface area contributed by atoms with Crippen LogP contribution in [0.25, 0.3) is 0 Å².